The highest BCUT2D eigenvalue weighted by Crippen LogP contribution is 2.26. The first-order chi connectivity index (χ1) is 16.0. The minimum absolute atomic E-state index is 0.0214. The summed E-state index contributed by atoms with van der Waals surface area (Å²) in [5, 5.41) is 2.50. The molecule has 6 nitrogen and oxygen atoms in total. The van der Waals surface area contributed by atoms with Crippen molar-refractivity contribution in [2.75, 3.05) is 33.0 Å². The van der Waals surface area contributed by atoms with E-state index in [1.165, 1.54) is 28.5 Å². The zero-order valence-corrected chi connectivity index (χ0v) is 19.6. The molecule has 0 aliphatic heterocycles. The van der Waals surface area contributed by atoms with Gasteiger partial charge in [-0.05, 0) is 49.6 Å². The van der Waals surface area contributed by atoms with Crippen LogP contribution in [-0.4, -0.2) is 46.4 Å². The van der Waals surface area contributed by atoms with E-state index in [9.17, 15) is 8.42 Å². The molecule has 1 heterocycles. The standard InChI is InChI=1S/C26H29NO5S/c1-20-8-11-22(12-9-20)33(28,29)32-18-17-31-16-15-30-14-4-5-21-10-13-24-23-6-2-3-7-25(23)27-26(24)19-21/h2-3,6-13,19,27H,4-5,14-18H2,1H3. The van der Waals surface area contributed by atoms with E-state index in [0.29, 0.717) is 19.8 Å². The summed E-state index contributed by atoms with van der Waals surface area (Å²) in [5.74, 6) is 0. The molecule has 174 valence electrons. The monoisotopic (exact) mass is 467 g/mol. The van der Waals surface area contributed by atoms with Gasteiger partial charge < -0.3 is 14.5 Å². The maximum Gasteiger partial charge on any atom is 0.297 e. The van der Waals surface area contributed by atoms with Crippen LogP contribution in [0.3, 0.4) is 0 Å². The first-order valence-corrected chi connectivity index (χ1v) is 12.5. The van der Waals surface area contributed by atoms with Crippen LogP contribution in [0, 0.1) is 6.92 Å². The van der Waals surface area contributed by atoms with Crippen LogP contribution in [0.5, 0.6) is 0 Å². The number of fused-ring (bicyclic) bond motifs is 3. The van der Waals surface area contributed by atoms with Gasteiger partial charge in [-0.1, -0.05) is 48.0 Å². The highest BCUT2D eigenvalue weighted by Gasteiger charge is 2.14. The van der Waals surface area contributed by atoms with E-state index in [1.54, 1.807) is 12.1 Å². The van der Waals surface area contributed by atoms with E-state index >= 15 is 0 Å². The number of rotatable bonds is 12. The van der Waals surface area contributed by atoms with Crippen molar-refractivity contribution in [3.8, 4) is 0 Å². The SMILES string of the molecule is Cc1ccc(S(=O)(=O)OCCOCCOCCCc2ccc3c(c2)[nH]c2ccccc23)cc1. The molecule has 0 amide bonds. The zero-order chi connectivity index (χ0) is 23.1. The Labute approximate surface area is 194 Å². The van der Waals surface area contributed by atoms with Crippen LogP contribution >= 0.6 is 0 Å². The van der Waals surface area contributed by atoms with Gasteiger partial charge in [0, 0.05) is 28.4 Å². The highest BCUT2D eigenvalue weighted by molar-refractivity contribution is 7.86. The fourth-order valence-corrected chi connectivity index (χ4v) is 4.63. The number of benzene rings is 3. The van der Waals surface area contributed by atoms with Gasteiger partial charge in [0.05, 0.1) is 31.3 Å². The van der Waals surface area contributed by atoms with Crippen molar-refractivity contribution in [2.24, 2.45) is 0 Å². The smallest absolute Gasteiger partial charge is 0.297 e. The molecule has 4 aromatic rings. The fraction of sp³-hybridized carbons (Fsp3) is 0.308. The normalized spacial score (nSPS) is 12.0. The second kappa shape index (κ2) is 10.9. The van der Waals surface area contributed by atoms with Gasteiger partial charge in [0.15, 0.2) is 0 Å². The Bertz CT molecular complexity index is 1300. The summed E-state index contributed by atoms with van der Waals surface area (Å²) >= 11 is 0. The Hall–Kier alpha value is -2.71. The molecule has 0 aliphatic rings. The molecule has 0 spiro atoms. The van der Waals surface area contributed by atoms with Crippen LogP contribution in [0.2, 0.25) is 0 Å². The molecule has 0 radical (unpaired) electrons. The predicted octanol–water partition coefficient (Wildman–Crippen LogP) is 5.00. The summed E-state index contributed by atoms with van der Waals surface area (Å²) in [6, 6.07) is 21.5. The lowest BCUT2D eigenvalue weighted by atomic mass is 10.1. The van der Waals surface area contributed by atoms with Gasteiger partial charge in [-0.15, -0.1) is 0 Å². The number of hydrogen-bond acceptors (Lipinski definition) is 5. The maximum atomic E-state index is 12.1. The van der Waals surface area contributed by atoms with Crippen molar-refractivity contribution >= 4 is 31.9 Å². The minimum atomic E-state index is -3.74. The number of ether oxygens (including phenoxy) is 2. The van der Waals surface area contributed by atoms with Crippen LogP contribution in [0.4, 0.5) is 0 Å². The first-order valence-electron chi connectivity index (χ1n) is 11.1. The second-order valence-corrected chi connectivity index (χ2v) is 9.58. The molecule has 0 bridgehead atoms. The van der Waals surface area contributed by atoms with Crippen molar-refractivity contribution in [3.63, 3.8) is 0 Å². The van der Waals surface area contributed by atoms with E-state index in [1.807, 2.05) is 13.0 Å². The summed E-state index contributed by atoms with van der Waals surface area (Å²) in [5.41, 5.74) is 4.59. The molecule has 0 fully saturated rings. The molecule has 0 aliphatic carbocycles. The van der Waals surface area contributed by atoms with Crippen molar-refractivity contribution in [3.05, 3.63) is 77.9 Å². The maximum absolute atomic E-state index is 12.1. The number of aromatic nitrogens is 1. The third-order valence-corrected chi connectivity index (χ3v) is 6.80. The predicted molar refractivity (Wildman–Crippen MR) is 130 cm³/mol. The zero-order valence-electron chi connectivity index (χ0n) is 18.8. The van der Waals surface area contributed by atoms with Crippen LogP contribution in [0.15, 0.2) is 71.6 Å². The average molecular weight is 468 g/mol. The van der Waals surface area contributed by atoms with Crippen LogP contribution in [-0.2, 0) is 30.2 Å². The summed E-state index contributed by atoms with van der Waals surface area (Å²) in [4.78, 5) is 3.63. The average Bonchev–Trinajstić information content (AvgIpc) is 3.18. The van der Waals surface area contributed by atoms with Crippen molar-refractivity contribution in [2.45, 2.75) is 24.7 Å². The quantitative estimate of drug-likeness (QED) is 0.234. The van der Waals surface area contributed by atoms with Gasteiger partial charge in [0.1, 0.15) is 0 Å². The number of aryl methyl sites for hydroxylation is 2. The lowest BCUT2D eigenvalue weighted by Gasteiger charge is -2.08. The van der Waals surface area contributed by atoms with Crippen LogP contribution < -0.4 is 0 Å². The van der Waals surface area contributed by atoms with Crippen molar-refractivity contribution < 1.29 is 22.1 Å². The molecule has 3 aromatic carbocycles. The Morgan fingerprint density at radius 1 is 0.758 bits per heavy atom. The lowest BCUT2D eigenvalue weighted by Crippen LogP contribution is -2.13. The molecule has 0 saturated heterocycles. The number of H-pyrrole nitrogens is 1. The van der Waals surface area contributed by atoms with E-state index in [0.717, 1.165) is 29.4 Å². The largest absolute Gasteiger partial charge is 0.379 e. The number of aromatic amines is 1. The molecule has 1 aromatic heterocycles. The van der Waals surface area contributed by atoms with Crippen LogP contribution in [0.25, 0.3) is 21.8 Å². The lowest BCUT2D eigenvalue weighted by molar-refractivity contribution is 0.0365. The van der Waals surface area contributed by atoms with E-state index in [-0.39, 0.29) is 18.1 Å². The van der Waals surface area contributed by atoms with Gasteiger partial charge in [-0.25, -0.2) is 0 Å². The van der Waals surface area contributed by atoms with Crippen molar-refractivity contribution in [1.82, 2.24) is 4.98 Å². The summed E-state index contributed by atoms with van der Waals surface area (Å²) in [6.07, 6.45) is 1.86. The van der Waals surface area contributed by atoms with Gasteiger partial charge in [0.2, 0.25) is 0 Å². The molecule has 0 unspecified atom stereocenters. The van der Waals surface area contributed by atoms with Gasteiger partial charge in [-0.2, -0.15) is 8.42 Å². The highest BCUT2D eigenvalue weighted by atomic mass is 32.2. The summed E-state index contributed by atoms with van der Waals surface area (Å²) < 4.78 is 40.2. The number of nitrogens with one attached hydrogen (secondary N) is 1. The van der Waals surface area contributed by atoms with Gasteiger partial charge >= 0.3 is 0 Å². The number of hydrogen-bond donors (Lipinski definition) is 1. The fourth-order valence-electron chi connectivity index (χ4n) is 3.73. The molecule has 4 rings (SSSR count). The summed E-state index contributed by atoms with van der Waals surface area (Å²) in [6.45, 7) is 3.58. The third-order valence-electron chi connectivity index (χ3n) is 5.47. The molecule has 1 N–H and O–H groups in total. The molecular weight excluding hydrogens is 438 g/mol. The Morgan fingerprint density at radius 2 is 1.45 bits per heavy atom. The van der Waals surface area contributed by atoms with E-state index in [4.69, 9.17) is 13.7 Å². The van der Waals surface area contributed by atoms with Crippen molar-refractivity contribution in [1.29, 1.82) is 0 Å². The molecule has 33 heavy (non-hydrogen) atoms. The number of para-hydroxylation sites is 1. The molecule has 0 atom stereocenters. The molecular formula is C26H29NO5S. The summed E-state index contributed by atoms with van der Waals surface area (Å²) in [7, 11) is -3.74. The van der Waals surface area contributed by atoms with E-state index < -0.39 is 10.1 Å². The van der Waals surface area contributed by atoms with E-state index in [2.05, 4.69) is 41.4 Å². The Kier molecular flexibility index (Phi) is 7.77. The molecule has 7 heteroatoms. The second-order valence-electron chi connectivity index (χ2n) is 7.97. The topological polar surface area (TPSA) is 77.6 Å². The van der Waals surface area contributed by atoms with Crippen LogP contribution in [0.1, 0.15) is 17.5 Å². The molecule has 0 saturated carbocycles. The first kappa shape index (κ1) is 23.4. The van der Waals surface area contributed by atoms with Gasteiger partial charge in [0.25, 0.3) is 10.1 Å². The Balaban J connectivity index is 1.09. The third kappa shape index (κ3) is 6.21. The minimum Gasteiger partial charge on any atom is -0.379 e. The Morgan fingerprint density at radius 3 is 2.27 bits per heavy atom. The van der Waals surface area contributed by atoms with Gasteiger partial charge in [-0.3, -0.25) is 4.18 Å².